The van der Waals surface area contributed by atoms with Gasteiger partial charge in [0.25, 0.3) is 0 Å². The van der Waals surface area contributed by atoms with Crippen LogP contribution in [0, 0.1) is 5.92 Å². The highest BCUT2D eigenvalue weighted by atomic mass is 32.2. The molecule has 7 rings (SSSR count). The Labute approximate surface area is 199 Å². The van der Waals surface area contributed by atoms with Crippen molar-refractivity contribution in [3.05, 3.63) is 71.8 Å². The zero-order chi connectivity index (χ0) is 22.3. The van der Waals surface area contributed by atoms with Crippen molar-refractivity contribution in [1.29, 1.82) is 0 Å². The van der Waals surface area contributed by atoms with E-state index in [-0.39, 0.29) is 11.4 Å². The molecule has 2 aromatic rings. The van der Waals surface area contributed by atoms with Gasteiger partial charge in [-0.15, -0.1) is 5.10 Å². The maximum Gasteiger partial charge on any atom is 0.236 e. The van der Waals surface area contributed by atoms with Crippen LogP contribution in [0.2, 0.25) is 0 Å². The second-order valence-electron chi connectivity index (χ2n) is 9.90. The molecule has 2 aromatic carbocycles. The third kappa shape index (κ3) is 3.93. The van der Waals surface area contributed by atoms with Crippen LogP contribution in [-0.2, 0) is 4.79 Å². The van der Waals surface area contributed by atoms with E-state index in [0.717, 1.165) is 6.42 Å². The van der Waals surface area contributed by atoms with E-state index in [0.29, 0.717) is 28.7 Å². The van der Waals surface area contributed by atoms with Crippen LogP contribution < -0.4 is 5.32 Å². The van der Waals surface area contributed by atoms with Gasteiger partial charge in [-0.25, -0.2) is 0 Å². The van der Waals surface area contributed by atoms with Crippen molar-refractivity contribution in [3.63, 3.8) is 0 Å². The van der Waals surface area contributed by atoms with Gasteiger partial charge >= 0.3 is 0 Å². The van der Waals surface area contributed by atoms with Crippen LogP contribution in [0.4, 0.5) is 0 Å². The molecule has 3 saturated carbocycles. The molecular weight excluding hydrogens is 428 g/mol. The van der Waals surface area contributed by atoms with Crippen molar-refractivity contribution in [2.75, 3.05) is 18.8 Å². The summed E-state index contributed by atoms with van der Waals surface area (Å²) in [7, 11) is 0. The van der Waals surface area contributed by atoms with E-state index in [1.54, 1.807) is 0 Å². The Morgan fingerprint density at radius 2 is 1.48 bits per heavy atom. The summed E-state index contributed by atoms with van der Waals surface area (Å²) in [6.45, 7) is 2.36. The van der Waals surface area contributed by atoms with Crippen molar-refractivity contribution in [2.45, 2.75) is 49.5 Å². The Kier molecular flexibility index (Phi) is 5.59. The first-order valence-corrected chi connectivity index (χ1v) is 13.1. The summed E-state index contributed by atoms with van der Waals surface area (Å²) in [5.74, 6) is 1.62. The number of carbonyl (C=O) groups is 1. The number of nitrogens with zero attached hydrogens (tertiary/aromatic N) is 3. The van der Waals surface area contributed by atoms with Crippen molar-refractivity contribution >= 4 is 28.5 Å². The molecule has 6 heteroatoms. The summed E-state index contributed by atoms with van der Waals surface area (Å²) in [4.78, 5) is 14.4. The number of fused-ring (bicyclic) bond motifs is 3. The molecule has 2 bridgehead atoms. The molecule has 5 nitrogen and oxygen atoms in total. The molecule has 0 spiro atoms. The molecule has 0 radical (unpaired) electrons. The fourth-order valence-electron chi connectivity index (χ4n) is 6.70. The van der Waals surface area contributed by atoms with Gasteiger partial charge in [-0.2, -0.15) is 5.10 Å². The SMILES string of the molecule is O=C1CS/C(=N/N=C2\CC3(N4CCCC4)C[C@@H](c4ccccc4)C2[C@H](c2ccccc2)C3)N1. The van der Waals surface area contributed by atoms with Crippen LogP contribution in [0.1, 0.15) is 55.1 Å². The Bertz CT molecular complexity index is 1030. The highest BCUT2D eigenvalue weighted by Gasteiger charge is 2.57. The Morgan fingerprint density at radius 1 is 0.879 bits per heavy atom. The number of nitrogens with one attached hydrogen (secondary N) is 1. The highest BCUT2D eigenvalue weighted by molar-refractivity contribution is 8.15. The average Bonchev–Trinajstić information content (AvgIpc) is 3.56. The molecule has 0 unspecified atom stereocenters. The lowest BCUT2D eigenvalue weighted by Gasteiger charge is -2.58. The zero-order valence-corrected chi connectivity index (χ0v) is 19.6. The van der Waals surface area contributed by atoms with Crippen LogP contribution in [-0.4, -0.2) is 46.1 Å². The smallest absolute Gasteiger partial charge is 0.236 e. The monoisotopic (exact) mass is 458 g/mol. The molecule has 0 aromatic heterocycles. The third-order valence-corrected chi connectivity index (χ3v) is 8.91. The number of amides is 1. The number of amidine groups is 1. The summed E-state index contributed by atoms with van der Waals surface area (Å²) in [6, 6.07) is 22.1. The van der Waals surface area contributed by atoms with Crippen LogP contribution in [0.15, 0.2) is 70.9 Å². The van der Waals surface area contributed by atoms with Crippen molar-refractivity contribution in [3.8, 4) is 0 Å². The largest absolute Gasteiger partial charge is 0.303 e. The summed E-state index contributed by atoms with van der Waals surface area (Å²) in [5, 5.41) is 12.9. The van der Waals surface area contributed by atoms with Gasteiger partial charge in [0.1, 0.15) is 0 Å². The first-order chi connectivity index (χ1) is 16.2. The van der Waals surface area contributed by atoms with Gasteiger partial charge in [0.15, 0.2) is 5.17 Å². The Balaban J connectivity index is 1.47. The molecule has 2 heterocycles. The molecule has 2 aliphatic heterocycles. The fourth-order valence-corrected chi connectivity index (χ4v) is 7.33. The molecule has 33 heavy (non-hydrogen) atoms. The van der Waals surface area contributed by atoms with Gasteiger partial charge in [-0.05, 0) is 61.7 Å². The number of benzene rings is 2. The first-order valence-electron chi connectivity index (χ1n) is 12.1. The van der Waals surface area contributed by atoms with E-state index in [4.69, 9.17) is 5.10 Å². The molecule has 170 valence electrons. The van der Waals surface area contributed by atoms with Gasteiger partial charge in [-0.3, -0.25) is 9.69 Å². The second kappa shape index (κ2) is 8.73. The highest BCUT2D eigenvalue weighted by Crippen LogP contribution is 2.59. The maximum absolute atomic E-state index is 11.7. The fraction of sp³-hybridized carbons (Fsp3) is 0.444. The average molecular weight is 459 g/mol. The minimum Gasteiger partial charge on any atom is -0.303 e. The molecule has 5 fully saturated rings. The number of likely N-dealkylation sites (tertiary alicyclic amines) is 1. The van der Waals surface area contributed by atoms with E-state index >= 15 is 0 Å². The topological polar surface area (TPSA) is 57.1 Å². The lowest BCUT2D eigenvalue weighted by molar-refractivity contribution is -0.116. The minimum absolute atomic E-state index is 0.0157. The lowest BCUT2D eigenvalue weighted by Crippen LogP contribution is -2.60. The van der Waals surface area contributed by atoms with Crippen LogP contribution in [0.3, 0.4) is 0 Å². The second-order valence-corrected chi connectivity index (χ2v) is 10.9. The molecule has 2 atom stereocenters. The number of carbonyl (C=O) groups excluding carboxylic acids is 1. The van der Waals surface area contributed by atoms with Gasteiger partial charge < -0.3 is 5.32 Å². The number of thioether (sulfide) groups is 1. The van der Waals surface area contributed by atoms with Crippen LogP contribution in [0.5, 0.6) is 0 Å². The van der Waals surface area contributed by atoms with Gasteiger partial charge in [-0.1, -0.05) is 72.4 Å². The lowest BCUT2D eigenvalue weighted by atomic mass is 9.52. The molecule has 5 aliphatic rings. The van der Waals surface area contributed by atoms with Crippen molar-refractivity contribution in [1.82, 2.24) is 10.2 Å². The van der Waals surface area contributed by atoms with Crippen molar-refractivity contribution < 1.29 is 4.79 Å². The van der Waals surface area contributed by atoms with Crippen LogP contribution in [0.25, 0.3) is 0 Å². The van der Waals surface area contributed by atoms with Crippen molar-refractivity contribution in [2.24, 2.45) is 16.1 Å². The van der Waals surface area contributed by atoms with Gasteiger partial charge in [0, 0.05) is 23.6 Å². The summed E-state index contributed by atoms with van der Waals surface area (Å²) in [6.07, 6.45) is 5.93. The summed E-state index contributed by atoms with van der Waals surface area (Å²) < 4.78 is 0. The molecule has 3 aliphatic carbocycles. The normalized spacial score (nSPS) is 34.3. The minimum atomic E-state index is 0.0157. The zero-order valence-electron chi connectivity index (χ0n) is 18.8. The Morgan fingerprint density at radius 3 is 2.03 bits per heavy atom. The third-order valence-electron chi connectivity index (χ3n) is 8.05. The number of rotatable bonds is 4. The van der Waals surface area contributed by atoms with E-state index in [1.807, 2.05) is 0 Å². The van der Waals surface area contributed by atoms with E-state index in [9.17, 15) is 4.79 Å². The predicted octanol–water partition coefficient (Wildman–Crippen LogP) is 4.78. The van der Waals surface area contributed by atoms with Crippen LogP contribution >= 0.6 is 11.8 Å². The first kappa shape index (κ1) is 21.1. The summed E-state index contributed by atoms with van der Waals surface area (Å²) >= 11 is 1.45. The van der Waals surface area contributed by atoms with Gasteiger partial charge in [0.2, 0.25) is 5.91 Å². The number of hydrogen-bond donors (Lipinski definition) is 1. The Hall–Kier alpha value is -2.44. The quantitative estimate of drug-likeness (QED) is 0.671. The number of hydrogen-bond acceptors (Lipinski definition) is 5. The van der Waals surface area contributed by atoms with E-state index in [2.05, 4.69) is 76.0 Å². The molecule has 2 saturated heterocycles. The molecular formula is C27H30N4OS. The maximum atomic E-state index is 11.7. The standard InChI is InChI=1S/C27H30N4OS/c32-24-18-33-26(28-24)30-29-23-17-27(31-13-7-8-14-31)15-21(19-9-3-1-4-10-19)25(23)22(16-27)20-11-5-2-6-12-20/h1-6,9-12,21-22,25H,7-8,13-18H2,(H,28,30,32)/b29-23+/t21-,22-,25?,27?/m0/s1. The van der Waals surface area contributed by atoms with Gasteiger partial charge in [0.05, 0.1) is 5.75 Å². The predicted molar refractivity (Wildman–Crippen MR) is 135 cm³/mol. The van der Waals surface area contributed by atoms with E-state index in [1.165, 1.54) is 67.4 Å². The van der Waals surface area contributed by atoms with E-state index < -0.39 is 0 Å². The molecule has 1 N–H and O–H groups in total. The summed E-state index contributed by atoms with van der Waals surface area (Å²) in [5.41, 5.74) is 4.15. The molecule has 1 amide bonds.